The minimum atomic E-state index is -1.11. The van der Waals surface area contributed by atoms with Crippen molar-refractivity contribution in [3.05, 3.63) is 30.1 Å². The average molecular weight is 410 g/mol. The van der Waals surface area contributed by atoms with Gasteiger partial charge in [-0.15, -0.1) is 0 Å². The Morgan fingerprint density at radius 2 is 1.90 bits per heavy atom. The van der Waals surface area contributed by atoms with Crippen molar-refractivity contribution in [3.8, 4) is 0 Å². The van der Waals surface area contributed by atoms with Gasteiger partial charge in [-0.05, 0) is 6.07 Å². The lowest BCUT2D eigenvalue weighted by Crippen LogP contribution is -2.46. The van der Waals surface area contributed by atoms with E-state index in [1.165, 1.54) is 30.9 Å². The molecule has 10 nitrogen and oxygen atoms in total. The summed E-state index contributed by atoms with van der Waals surface area (Å²) < 4.78 is 22.5. The summed E-state index contributed by atoms with van der Waals surface area (Å²) in [5, 5.41) is 9.19. The van der Waals surface area contributed by atoms with Crippen LogP contribution in [-0.4, -0.2) is 54.9 Å². The summed E-state index contributed by atoms with van der Waals surface area (Å²) in [6.45, 7) is 2.94. The topological polar surface area (TPSA) is 129 Å². The van der Waals surface area contributed by atoms with Crippen LogP contribution in [-0.2, 0) is 33.3 Å². The molecule has 2 heterocycles. The Balaban J connectivity index is 2.09. The summed E-state index contributed by atoms with van der Waals surface area (Å²) >= 11 is 0. The number of ether oxygens (including phenoxy) is 4. The van der Waals surface area contributed by atoms with Crippen molar-refractivity contribution in [1.29, 1.82) is 0 Å². The summed E-state index contributed by atoms with van der Waals surface area (Å²) in [4.78, 5) is 45.7. The van der Waals surface area contributed by atoms with E-state index < -0.39 is 42.3 Å². The molecule has 158 valence electrons. The van der Waals surface area contributed by atoms with Crippen LogP contribution in [0.4, 0.5) is 0 Å². The number of carboxylic acid groups (broad SMARTS) is 1. The average Bonchev–Trinajstić information content (AvgIpc) is 2.99. The van der Waals surface area contributed by atoms with E-state index in [0.29, 0.717) is 0 Å². The Morgan fingerprint density at radius 1 is 1.21 bits per heavy atom. The molecule has 0 aromatic carbocycles. The Bertz CT molecular complexity index is 779. The van der Waals surface area contributed by atoms with E-state index in [0.717, 1.165) is 0 Å². The van der Waals surface area contributed by atoms with Crippen LogP contribution < -0.4 is 4.57 Å². The Hall–Kier alpha value is -3.01. The maximum Gasteiger partial charge on any atom is 0.341 e. The lowest BCUT2D eigenvalue weighted by atomic mass is 10.0. The molecule has 0 amide bonds. The van der Waals surface area contributed by atoms with Crippen LogP contribution >= 0.6 is 0 Å². The van der Waals surface area contributed by atoms with Gasteiger partial charge in [-0.2, -0.15) is 4.57 Å². The van der Waals surface area contributed by atoms with Gasteiger partial charge in [-0.3, -0.25) is 14.4 Å². The number of rotatable bonds is 8. The second-order valence-corrected chi connectivity index (χ2v) is 6.60. The van der Waals surface area contributed by atoms with E-state index in [2.05, 4.69) is 4.74 Å². The highest BCUT2D eigenvalue weighted by Crippen LogP contribution is 2.33. The largest absolute Gasteiger partial charge is 0.477 e. The van der Waals surface area contributed by atoms with Gasteiger partial charge in [0.1, 0.15) is 18.3 Å². The predicted octanol–water partition coefficient (Wildman–Crippen LogP) is 0.634. The van der Waals surface area contributed by atoms with E-state index in [-0.39, 0.29) is 30.9 Å². The van der Waals surface area contributed by atoms with E-state index in [9.17, 15) is 24.3 Å². The molecule has 0 aliphatic carbocycles. The first-order valence-electron chi connectivity index (χ1n) is 9.02. The highest BCUT2D eigenvalue weighted by Gasteiger charge is 2.50. The third-order valence-corrected chi connectivity index (χ3v) is 4.53. The first kappa shape index (κ1) is 22.3. The molecule has 0 radical (unpaired) electrons. The minimum Gasteiger partial charge on any atom is -0.477 e. The summed E-state index contributed by atoms with van der Waals surface area (Å²) in [5.41, 5.74) is 0.0445. The second kappa shape index (κ2) is 9.97. The first-order valence-corrected chi connectivity index (χ1v) is 9.02. The maximum atomic E-state index is 11.8. The van der Waals surface area contributed by atoms with Crippen molar-refractivity contribution in [3.63, 3.8) is 0 Å². The predicted molar refractivity (Wildman–Crippen MR) is 94.4 cm³/mol. The number of pyridine rings is 1. The summed E-state index contributed by atoms with van der Waals surface area (Å²) in [7, 11) is 1.23. The number of esters is 3. The lowest BCUT2D eigenvalue weighted by Gasteiger charge is -2.17. The molecule has 0 saturated carbocycles. The molecular formula is C19H24NO9+. The fraction of sp³-hybridized carbons (Fsp3) is 0.526. The molecule has 4 atom stereocenters. The number of carbonyl (C=O) groups is 4. The van der Waals surface area contributed by atoms with Crippen LogP contribution in [0.1, 0.15) is 43.3 Å². The summed E-state index contributed by atoms with van der Waals surface area (Å²) in [5.74, 6) is -3.05. The van der Waals surface area contributed by atoms with Crippen LogP contribution in [0.25, 0.3) is 0 Å². The zero-order valence-electron chi connectivity index (χ0n) is 16.4. The van der Waals surface area contributed by atoms with E-state index >= 15 is 0 Å². The van der Waals surface area contributed by atoms with E-state index in [4.69, 9.17) is 14.2 Å². The van der Waals surface area contributed by atoms with Crippen molar-refractivity contribution in [2.75, 3.05) is 13.7 Å². The molecule has 0 spiro atoms. The summed E-state index contributed by atoms with van der Waals surface area (Å²) in [6.07, 6.45) is 0.679. The van der Waals surface area contributed by atoms with Crippen LogP contribution in [0, 0.1) is 5.92 Å². The Kier molecular flexibility index (Phi) is 7.66. The first-order chi connectivity index (χ1) is 13.7. The fourth-order valence-corrected chi connectivity index (χ4v) is 2.97. The highest BCUT2D eigenvalue weighted by molar-refractivity contribution is 5.86. The zero-order chi connectivity index (χ0) is 21.6. The van der Waals surface area contributed by atoms with Gasteiger partial charge in [-0.1, -0.05) is 6.92 Å². The molecule has 0 bridgehead atoms. The number of methoxy groups -OCH3 is 1. The van der Waals surface area contributed by atoms with Crippen molar-refractivity contribution < 1.29 is 47.8 Å². The zero-order valence-corrected chi connectivity index (χ0v) is 16.4. The van der Waals surface area contributed by atoms with Gasteiger partial charge >= 0.3 is 30.1 Å². The van der Waals surface area contributed by atoms with Gasteiger partial charge < -0.3 is 24.1 Å². The third kappa shape index (κ3) is 5.98. The molecule has 1 saturated heterocycles. The van der Waals surface area contributed by atoms with Gasteiger partial charge in [0.15, 0.2) is 18.5 Å². The molecule has 10 heteroatoms. The van der Waals surface area contributed by atoms with Gasteiger partial charge in [0.25, 0.3) is 0 Å². The molecule has 1 N–H and O–H groups in total. The smallest absolute Gasteiger partial charge is 0.341 e. The highest BCUT2D eigenvalue weighted by atomic mass is 16.6. The van der Waals surface area contributed by atoms with Crippen LogP contribution in [0.15, 0.2) is 24.5 Å². The van der Waals surface area contributed by atoms with Crippen LogP contribution in [0.5, 0.6) is 0 Å². The van der Waals surface area contributed by atoms with Crippen molar-refractivity contribution in [1.82, 2.24) is 0 Å². The van der Waals surface area contributed by atoms with Crippen LogP contribution in [0.3, 0.4) is 0 Å². The van der Waals surface area contributed by atoms with E-state index in [1.54, 1.807) is 19.2 Å². The Labute approximate surface area is 167 Å². The van der Waals surface area contributed by atoms with Gasteiger partial charge in [0.05, 0.1) is 20.0 Å². The molecule has 1 aliphatic heterocycles. The molecule has 0 unspecified atom stereocenters. The van der Waals surface area contributed by atoms with E-state index in [1.807, 2.05) is 0 Å². The second-order valence-electron chi connectivity index (χ2n) is 6.60. The van der Waals surface area contributed by atoms with Gasteiger partial charge in [0.2, 0.25) is 0 Å². The standard InChI is InChI=1S/C19H23NO9/c1-11-14(10-27-16(23)7-6-15(22)26-3)29-18(17(11)28-12(2)21)20-8-4-5-13(9-20)19(24)25/h4-5,8-9,11,14,17-18H,6-7,10H2,1-3H3/p+1/t11-,14-,17-,18-/m1/s1. The molecule has 1 aliphatic rings. The summed E-state index contributed by atoms with van der Waals surface area (Å²) in [6, 6.07) is 2.97. The molecule has 2 rings (SSSR count). The fourth-order valence-electron chi connectivity index (χ4n) is 2.97. The molecule has 1 aromatic heterocycles. The van der Waals surface area contributed by atoms with Gasteiger partial charge in [0, 0.05) is 18.9 Å². The SMILES string of the molecule is COC(=O)CCC(=O)OC[C@H]1O[C@@H]([n+]2cccc(C(=O)O)c2)[C@H](OC(C)=O)[C@@H]1C. The number of aromatic carboxylic acids is 1. The maximum absolute atomic E-state index is 11.8. The molecular weight excluding hydrogens is 386 g/mol. The number of carbonyl (C=O) groups excluding carboxylic acids is 3. The minimum absolute atomic E-state index is 0.0445. The monoisotopic (exact) mass is 410 g/mol. The quantitative estimate of drug-likeness (QED) is 0.373. The molecule has 1 fully saturated rings. The molecule has 29 heavy (non-hydrogen) atoms. The molecule has 1 aromatic rings. The van der Waals surface area contributed by atoms with Gasteiger partial charge in [-0.25, -0.2) is 4.79 Å². The van der Waals surface area contributed by atoms with Crippen molar-refractivity contribution >= 4 is 23.9 Å². The lowest BCUT2D eigenvalue weighted by molar-refractivity contribution is -0.765. The Morgan fingerprint density at radius 3 is 2.52 bits per heavy atom. The number of hydrogen-bond acceptors (Lipinski definition) is 8. The van der Waals surface area contributed by atoms with Crippen molar-refractivity contribution in [2.45, 2.75) is 45.1 Å². The van der Waals surface area contributed by atoms with Crippen molar-refractivity contribution in [2.24, 2.45) is 5.92 Å². The third-order valence-electron chi connectivity index (χ3n) is 4.53. The van der Waals surface area contributed by atoms with Crippen LogP contribution in [0.2, 0.25) is 0 Å². The normalized spacial score (nSPS) is 23.3. The number of hydrogen-bond donors (Lipinski definition) is 1. The number of aromatic nitrogens is 1. The number of carboxylic acids is 1. The number of nitrogens with zero attached hydrogens (tertiary/aromatic N) is 1.